The molecule has 0 aliphatic carbocycles. The van der Waals surface area contributed by atoms with Gasteiger partial charge in [-0.2, -0.15) is 0 Å². The van der Waals surface area contributed by atoms with Crippen molar-refractivity contribution >= 4 is 22.5 Å². The Balaban J connectivity index is 2.72. The van der Waals surface area contributed by atoms with E-state index in [4.69, 9.17) is 4.74 Å². The molecule has 2 aromatic carbocycles. The third kappa shape index (κ3) is 4.19. The van der Waals surface area contributed by atoms with Gasteiger partial charge in [-0.05, 0) is 35.2 Å². The van der Waals surface area contributed by atoms with Gasteiger partial charge in [0.25, 0.3) is 12.4 Å². The van der Waals surface area contributed by atoms with Crippen molar-refractivity contribution in [2.45, 2.75) is 16.7 Å². The van der Waals surface area contributed by atoms with Crippen LogP contribution in [-0.2, 0) is 10.1 Å². The SMILES string of the molecule is CCOc1cc([N+](=O)[O-])ccc1S(c1ccccc1)=P(O)(O)O. The fourth-order valence-electron chi connectivity index (χ4n) is 1.99. The topological polar surface area (TPSA) is 113 Å². The number of benzene rings is 2. The molecule has 124 valence electrons. The molecule has 0 amide bonds. The molecule has 0 fully saturated rings. The van der Waals surface area contributed by atoms with Gasteiger partial charge in [0.05, 0.1) is 22.5 Å². The summed E-state index contributed by atoms with van der Waals surface area (Å²) in [7, 11) is -1.47. The molecule has 0 saturated carbocycles. The minimum Gasteiger partial charge on any atom is -0.492 e. The zero-order valence-corrected chi connectivity index (χ0v) is 13.9. The summed E-state index contributed by atoms with van der Waals surface area (Å²) in [5, 5.41) is 10.9. The first-order valence-electron chi connectivity index (χ1n) is 6.63. The molecule has 0 aliphatic rings. The van der Waals surface area contributed by atoms with Crippen LogP contribution in [-0.4, -0.2) is 26.2 Å². The second-order valence-electron chi connectivity index (χ2n) is 4.43. The molecule has 23 heavy (non-hydrogen) atoms. The predicted octanol–water partition coefficient (Wildman–Crippen LogP) is 2.68. The van der Waals surface area contributed by atoms with Crippen LogP contribution in [0.2, 0.25) is 0 Å². The van der Waals surface area contributed by atoms with Gasteiger partial charge in [-0.15, -0.1) is 0 Å². The highest BCUT2D eigenvalue weighted by atomic mass is 32.5. The van der Waals surface area contributed by atoms with Gasteiger partial charge in [0.1, 0.15) is 5.75 Å². The Morgan fingerprint density at radius 2 is 1.83 bits per heavy atom. The number of ether oxygens (including phenoxy) is 1. The summed E-state index contributed by atoms with van der Waals surface area (Å²) in [5.41, 5.74) is -0.174. The second kappa shape index (κ2) is 7.25. The third-order valence-corrected chi connectivity index (χ3v) is 7.51. The Morgan fingerprint density at radius 3 is 2.35 bits per heavy atom. The molecular formula is C14H16NO6PS. The van der Waals surface area contributed by atoms with E-state index >= 15 is 0 Å². The van der Waals surface area contributed by atoms with Crippen molar-refractivity contribution in [2.24, 2.45) is 0 Å². The minimum absolute atomic E-state index is 0.149. The third-order valence-electron chi connectivity index (χ3n) is 2.86. The zero-order valence-electron chi connectivity index (χ0n) is 12.2. The van der Waals surface area contributed by atoms with Crippen LogP contribution >= 0.6 is 6.72 Å². The van der Waals surface area contributed by atoms with Gasteiger partial charge in [0, 0.05) is 11.0 Å². The Hall–Kier alpha value is -1.70. The quantitative estimate of drug-likeness (QED) is 0.431. The molecule has 7 nitrogen and oxygen atoms in total. The van der Waals surface area contributed by atoms with Gasteiger partial charge < -0.3 is 19.4 Å². The van der Waals surface area contributed by atoms with Crippen molar-refractivity contribution in [1.29, 1.82) is 0 Å². The number of nitrogens with zero attached hydrogens (tertiary/aromatic N) is 1. The summed E-state index contributed by atoms with van der Waals surface area (Å²) >= 11 is 0. The zero-order chi connectivity index (χ0) is 17.0. The summed E-state index contributed by atoms with van der Waals surface area (Å²) in [6.45, 7) is -2.33. The monoisotopic (exact) mass is 357 g/mol. The molecule has 3 N–H and O–H groups in total. The lowest BCUT2D eigenvalue weighted by atomic mass is 10.3. The molecule has 1 atom stereocenters. The van der Waals surface area contributed by atoms with E-state index in [9.17, 15) is 24.8 Å². The Kier molecular flexibility index (Phi) is 5.56. The molecule has 0 aromatic heterocycles. The van der Waals surface area contributed by atoms with Gasteiger partial charge in [-0.3, -0.25) is 10.1 Å². The molecule has 0 saturated heterocycles. The van der Waals surface area contributed by atoms with E-state index in [1.807, 2.05) is 0 Å². The predicted molar refractivity (Wildman–Crippen MR) is 88.2 cm³/mol. The first kappa shape index (κ1) is 17.7. The van der Waals surface area contributed by atoms with Crippen molar-refractivity contribution in [3.05, 3.63) is 58.6 Å². The van der Waals surface area contributed by atoms with E-state index in [1.165, 1.54) is 18.2 Å². The lowest BCUT2D eigenvalue weighted by molar-refractivity contribution is -0.385. The molecule has 0 bridgehead atoms. The van der Waals surface area contributed by atoms with E-state index in [1.54, 1.807) is 37.3 Å². The van der Waals surface area contributed by atoms with Crippen LogP contribution in [0.3, 0.4) is 0 Å². The fraction of sp³-hybridized carbons (Fsp3) is 0.143. The van der Waals surface area contributed by atoms with Gasteiger partial charge in [0.2, 0.25) is 0 Å². The Morgan fingerprint density at radius 1 is 1.17 bits per heavy atom. The second-order valence-corrected chi connectivity index (χ2v) is 9.50. The maximum atomic E-state index is 10.9. The van der Waals surface area contributed by atoms with Crippen molar-refractivity contribution < 1.29 is 24.3 Å². The minimum atomic E-state index is -4.28. The number of nitro groups is 1. The largest absolute Gasteiger partial charge is 0.492 e. The summed E-state index contributed by atoms with van der Waals surface area (Å²) in [6.07, 6.45) is 0. The van der Waals surface area contributed by atoms with Crippen LogP contribution in [0.4, 0.5) is 5.69 Å². The molecule has 9 heteroatoms. The first-order valence-corrected chi connectivity index (χ1v) is 10.1. The standard InChI is InChI=1S/C14H16NO6PS/c1-2-21-13-10-11(15(16)17)8-9-14(13)23(22(18,19)20)12-6-4-3-5-7-12/h3-10,18-20H,2H2,1H3. The number of hydrogen-bond donors (Lipinski definition) is 3. The highest BCUT2D eigenvalue weighted by Gasteiger charge is 2.22. The highest BCUT2D eigenvalue weighted by molar-refractivity contribution is 8.27. The van der Waals surface area contributed by atoms with E-state index in [0.29, 0.717) is 9.79 Å². The molecule has 0 radical (unpaired) electrons. The maximum Gasteiger partial charge on any atom is 0.286 e. The lowest BCUT2D eigenvalue weighted by Crippen LogP contribution is -2.03. The van der Waals surface area contributed by atoms with Crippen LogP contribution in [0.25, 0.3) is 0 Å². The van der Waals surface area contributed by atoms with Crippen molar-refractivity contribution in [1.82, 2.24) is 0 Å². The van der Waals surface area contributed by atoms with Gasteiger partial charge in [0.15, 0.2) is 0 Å². The normalized spacial score (nSPS) is 12.7. The number of rotatable bonds is 5. The van der Waals surface area contributed by atoms with Crippen LogP contribution < -0.4 is 4.74 Å². The van der Waals surface area contributed by atoms with Crippen LogP contribution in [0.5, 0.6) is 5.75 Å². The summed E-state index contributed by atoms with van der Waals surface area (Å²) in [5.74, 6) is 0.149. The van der Waals surface area contributed by atoms with Crippen molar-refractivity contribution in [3.8, 4) is 5.75 Å². The van der Waals surface area contributed by atoms with Crippen LogP contribution in [0.1, 0.15) is 6.92 Å². The van der Waals surface area contributed by atoms with Gasteiger partial charge in [-0.1, -0.05) is 18.2 Å². The molecule has 1 unspecified atom stereocenters. The summed E-state index contributed by atoms with van der Waals surface area (Å²) < 4.78 is 5.41. The van der Waals surface area contributed by atoms with Crippen molar-refractivity contribution in [3.63, 3.8) is 0 Å². The molecular weight excluding hydrogens is 341 g/mol. The van der Waals surface area contributed by atoms with Crippen LogP contribution in [0, 0.1) is 10.1 Å². The lowest BCUT2D eigenvalue weighted by Gasteiger charge is -2.18. The Labute approximate surface area is 135 Å². The van der Waals surface area contributed by atoms with E-state index in [0.717, 1.165) is 0 Å². The number of non-ortho nitro benzene ring substituents is 1. The van der Waals surface area contributed by atoms with E-state index < -0.39 is 21.7 Å². The van der Waals surface area contributed by atoms with Gasteiger partial charge in [-0.25, -0.2) is 0 Å². The Bertz CT molecular complexity index is 766. The van der Waals surface area contributed by atoms with Gasteiger partial charge >= 0.3 is 0 Å². The number of nitro benzene ring substituents is 1. The molecule has 2 aromatic rings. The molecule has 0 aliphatic heterocycles. The molecule has 2 rings (SSSR count). The average molecular weight is 357 g/mol. The first-order chi connectivity index (χ1) is 10.8. The van der Waals surface area contributed by atoms with Crippen LogP contribution in [0.15, 0.2) is 58.3 Å². The highest BCUT2D eigenvalue weighted by Crippen LogP contribution is 2.46. The van der Waals surface area contributed by atoms with Crippen molar-refractivity contribution in [2.75, 3.05) is 6.61 Å². The number of hydrogen-bond acceptors (Lipinski definition) is 3. The molecule has 0 spiro atoms. The molecule has 0 heterocycles. The average Bonchev–Trinajstić information content (AvgIpc) is 2.49. The summed E-state index contributed by atoms with van der Waals surface area (Å²) in [4.78, 5) is 40.9. The van der Waals surface area contributed by atoms with E-state index in [-0.39, 0.29) is 18.0 Å². The fourth-order valence-corrected chi connectivity index (χ4v) is 6.17. The van der Waals surface area contributed by atoms with E-state index in [2.05, 4.69) is 0 Å². The summed E-state index contributed by atoms with van der Waals surface area (Å²) in [6, 6.07) is 12.3. The maximum absolute atomic E-state index is 10.9. The smallest absolute Gasteiger partial charge is 0.286 e.